The van der Waals surface area contributed by atoms with Crippen LogP contribution >= 0.6 is 27.7 Å². The van der Waals surface area contributed by atoms with Crippen molar-refractivity contribution < 1.29 is 4.74 Å². The highest BCUT2D eigenvalue weighted by molar-refractivity contribution is 9.09. The van der Waals surface area contributed by atoms with Crippen molar-refractivity contribution in [2.45, 2.75) is 35.6 Å². The number of ether oxygens (including phenoxy) is 1. The lowest BCUT2D eigenvalue weighted by Crippen LogP contribution is -2.50. The summed E-state index contributed by atoms with van der Waals surface area (Å²) in [6.07, 6.45) is 1.56. The summed E-state index contributed by atoms with van der Waals surface area (Å²) in [5.41, 5.74) is 1.52. The largest absolute Gasteiger partial charge is 0.374 e. The maximum atomic E-state index is 5.80. The molecule has 4 heteroatoms. The minimum atomic E-state index is 0.352. The SMILES string of the molecule is CC1COC(CBr)CN1CC1Cc2ccccc2S1. The molecule has 3 unspecified atom stereocenters. The summed E-state index contributed by atoms with van der Waals surface area (Å²) in [4.78, 5) is 4.07. The topological polar surface area (TPSA) is 12.5 Å². The zero-order valence-electron chi connectivity index (χ0n) is 11.2. The molecule has 0 N–H and O–H groups in total. The number of nitrogens with zero attached hydrogens (tertiary/aromatic N) is 1. The molecule has 0 amide bonds. The van der Waals surface area contributed by atoms with Gasteiger partial charge in [-0.1, -0.05) is 34.1 Å². The third-order valence-electron chi connectivity index (χ3n) is 3.96. The van der Waals surface area contributed by atoms with Crippen LogP contribution in [0.5, 0.6) is 0 Å². The average molecular weight is 342 g/mol. The number of hydrogen-bond donors (Lipinski definition) is 0. The minimum Gasteiger partial charge on any atom is -0.374 e. The van der Waals surface area contributed by atoms with Crippen LogP contribution in [0.15, 0.2) is 29.2 Å². The molecule has 0 saturated carbocycles. The Balaban J connectivity index is 1.60. The maximum Gasteiger partial charge on any atom is 0.0799 e. The van der Waals surface area contributed by atoms with Crippen molar-refractivity contribution in [1.29, 1.82) is 0 Å². The van der Waals surface area contributed by atoms with Crippen LogP contribution in [0.1, 0.15) is 12.5 Å². The van der Waals surface area contributed by atoms with Crippen LogP contribution in [0.25, 0.3) is 0 Å². The first-order valence-electron chi connectivity index (χ1n) is 6.92. The molecule has 1 aromatic carbocycles. The van der Waals surface area contributed by atoms with Crippen LogP contribution in [0.2, 0.25) is 0 Å². The van der Waals surface area contributed by atoms with Gasteiger partial charge in [0.25, 0.3) is 0 Å². The van der Waals surface area contributed by atoms with Crippen LogP contribution in [-0.2, 0) is 11.2 Å². The van der Waals surface area contributed by atoms with Crippen molar-refractivity contribution in [3.05, 3.63) is 29.8 Å². The van der Waals surface area contributed by atoms with E-state index in [0.717, 1.165) is 18.5 Å². The van der Waals surface area contributed by atoms with Crippen molar-refractivity contribution in [2.24, 2.45) is 0 Å². The molecule has 104 valence electrons. The molecule has 19 heavy (non-hydrogen) atoms. The summed E-state index contributed by atoms with van der Waals surface area (Å²) in [5.74, 6) is 0. The Morgan fingerprint density at radius 1 is 1.42 bits per heavy atom. The highest BCUT2D eigenvalue weighted by Gasteiger charge is 2.30. The number of hydrogen-bond acceptors (Lipinski definition) is 3. The van der Waals surface area contributed by atoms with Crippen LogP contribution in [0, 0.1) is 0 Å². The second-order valence-electron chi connectivity index (χ2n) is 5.46. The van der Waals surface area contributed by atoms with Crippen LogP contribution in [-0.4, -0.2) is 47.3 Å². The van der Waals surface area contributed by atoms with Gasteiger partial charge in [0.1, 0.15) is 0 Å². The van der Waals surface area contributed by atoms with E-state index in [1.165, 1.54) is 23.4 Å². The quantitative estimate of drug-likeness (QED) is 0.783. The van der Waals surface area contributed by atoms with E-state index in [2.05, 4.69) is 52.0 Å². The molecule has 0 spiro atoms. The summed E-state index contributed by atoms with van der Waals surface area (Å²) in [7, 11) is 0. The standard InChI is InChI=1S/C15H20BrNOS/c1-11-10-18-13(7-16)8-17(11)9-14-6-12-4-2-3-5-15(12)19-14/h2-5,11,13-14H,6-10H2,1H3. The van der Waals surface area contributed by atoms with Gasteiger partial charge >= 0.3 is 0 Å². The maximum absolute atomic E-state index is 5.80. The third-order valence-corrected chi connectivity index (χ3v) is 5.98. The molecule has 3 atom stereocenters. The molecule has 0 aliphatic carbocycles. The molecule has 1 aromatic rings. The van der Waals surface area contributed by atoms with E-state index >= 15 is 0 Å². The zero-order valence-corrected chi connectivity index (χ0v) is 13.6. The van der Waals surface area contributed by atoms with E-state index in [1.54, 1.807) is 0 Å². The fourth-order valence-electron chi connectivity index (χ4n) is 2.84. The first kappa shape index (κ1) is 13.9. The highest BCUT2D eigenvalue weighted by atomic mass is 79.9. The molecular weight excluding hydrogens is 322 g/mol. The van der Waals surface area contributed by atoms with Crippen molar-refractivity contribution >= 4 is 27.7 Å². The Hall–Kier alpha value is -0.0300. The Kier molecular flexibility index (Phi) is 4.52. The number of rotatable bonds is 3. The number of thioether (sulfide) groups is 1. The van der Waals surface area contributed by atoms with Gasteiger partial charge in [-0.25, -0.2) is 0 Å². The number of fused-ring (bicyclic) bond motifs is 1. The number of halogens is 1. The fourth-order valence-corrected chi connectivity index (χ4v) is 4.58. The number of benzene rings is 1. The van der Waals surface area contributed by atoms with Gasteiger partial charge in [0, 0.05) is 34.6 Å². The van der Waals surface area contributed by atoms with Crippen LogP contribution in [0.3, 0.4) is 0 Å². The Morgan fingerprint density at radius 2 is 2.26 bits per heavy atom. The second-order valence-corrected chi connectivity index (χ2v) is 7.45. The summed E-state index contributed by atoms with van der Waals surface area (Å²) in [6.45, 7) is 5.37. The van der Waals surface area contributed by atoms with E-state index in [9.17, 15) is 0 Å². The Bertz CT molecular complexity index is 417. The number of morpholine rings is 1. The molecule has 0 bridgehead atoms. The van der Waals surface area contributed by atoms with Crippen LogP contribution in [0.4, 0.5) is 0 Å². The Morgan fingerprint density at radius 3 is 3.05 bits per heavy atom. The second kappa shape index (κ2) is 6.17. The van der Waals surface area contributed by atoms with Gasteiger partial charge in [0.2, 0.25) is 0 Å². The normalized spacial score (nSPS) is 31.4. The summed E-state index contributed by atoms with van der Waals surface area (Å²) in [6, 6.07) is 9.36. The smallest absolute Gasteiger partial charge is 0.0799 e. The monoisotopic (exact) mass is 341 g/mol. The molecule has 1 saturated heterocycles. The number of alkyl halides is 1. The summed E-state index contributed by atoms with van der Waals surface area (Å²) >= 11 is 5.58. The van der Waals surface area contributed by atoms with Gasteiger partial charge in [-0.2, -0.15) is 0 Å². The Labute approximate surface area is 128 Å². The predicted molar refractivity (Wildman–Crippen MR) is 84.4 cm³/mol. The van der Waals surface area contributed by atoms with Gasteiger partial charge in [-0.3, -0.25) is 4.90 Å². The molecule has 3 rings (SSSR count). The van der Waals surface area contributed by atoms with E-state index in [1.807, 2.05) is 11.8 Å². The lowest BCUT2D eigenvalue weighted by Gasteiger charge is -2.38. The van der Waals surface area contributed by atoms with E-state index in [0.29, 0.717) is 17.4 Å². The summed E-state index contributed by atoms with van der Waals surface area (Å²) in [5, 5.41) is 1.64. The van der Waals surface area contributed by atoms with E-state index in [-0.39, 0.29) is 0 Å². The molecule has 2 aliphatic heterocycles. The fraction of sp³-hybridized carbons (Fsp3) is 0.600. The van der Waals surface area contributed by atoms with E-state index in [4.69, 9.17) is 4.74 Å². The third kappa shape index (κ3) is 3.18. The van der Waals surface area contributed by atoms with Gasteiger partial charge < -0.3 is 4.74 Å². The molecule has 0 aromatic heterocycles. The van der Waals surface area contributed by atoms with Gasteiger partial charge in [0.05, 0.1) is 12.7 Å². The van der Waals surface area contributed by atoms with Gasteiger partial charge in [0.15, 0.2) is 0 Å². The first-order valence-corrected chi connectivity index (χ1v) is 8.92. The molecule has 2 nitrogen and oxygen atoms in total. The molecule has 1 fully saturated rings. The zero-order chi connectivity index (χ0) is 13.2. The summed E-state index contributed by atoms with van der Waals surface area (Å²) < 4.78 is 5.80. The molecular formula is C15H20BrNOS. The lowest BCUT2D eigenvalue weighted by atomic mass is 10.1. The van der Waals surface area contributed by atoms with Crippen molar-refractivity contribution in [3.8, 4) is 0 Å². The van der Waals surface area contributed by atoms with Crippen molar-refractivity contribution in [3.63, 3.8) is 0 Å². The average Bonchev–Trinajstić information content (AvgIpc) is 2.83. The van der Waals surface area contributed by atoms with Crippen molar-refractivity contribution in [1.82, 2.24) is 4.90 Å². The van der Waals surface area contributed by atoms with Gasteiger partial charge in [-0.05, 0) is 25.0 Å². The highest BCUT2D eigenvalue weighted by Crippen LogP contribution is 2.37. The van der Waals surface area contributed by atoms with Crippen LogP contribution < -0.4 is 0 Å². The minimum absolute atomic E-state index is 0.352. The van der Waals surface area contributed by atoms with Gasteiger partial charge in [-0.15, -0.1) is 11.8 Å². The van der Waals surface area contributed by atoms with E-state index < -0.39 is 0 Å². The lowest BCUT2D eigenvalue weighted by molar-refractivity contribution is -0.0461. The molecule has 2 aliphatic rings. The van der Waals surface area contributed by atoms with Crippen molar-refractivity contribution in [2.75, 3.05) is 25.0 Å². The first-order chi connectivity index (χ1) is 9.26. The molecule has 0 radical (unpaired) electrons. The predicted octanol–water partition coefficient (Wildman–Crippen LogP) is 3.19. The molecule has 2 heterocycles.